The first kappa shape index (κ1) is 15.1. The number of H-pyrrole nitrogens is 2. The van der Waals surface area contributed by atoms with Gasteiger partial charge in [0.25, 0.3) is 0 Å². The van der Waals surface area contributed by atoms with Crippen molar-refractivity contribution in [1.29, 1.82) is 0 Å². The van der Waals surface area contributed by atoms with E-state index in [0.29, 0.717) is 17.0 Å². The first-order chi connectivity index (χ1) is 10.8. The molecular formula is C14H11FN4O3S. The highest BCUT2D eigenvalue weighted by Gasteiger charge is 2.14. The van der Waals surface area contributed by atoms with E-state index < -0.39 is 21.5 Å². The monoisotopic (exact) mass is 334 g/mol. The number of aromatic nitrogens is 3. The number of benzene rings is 2. The second-order valence-electron chi connectivity index (χ2n) is 4.79. The van der Waals surface area contributed by atoms with Gasteiger partial charge in [-0.1, -0.05) is 18.2 Å². The van der Waals surface area contributed by atoms with Crippen LogP contribution >= 0.6 is 0 Å². The van der Waals surface area contributed by atoms with Gasteiger partial charge in [0.05, 0.1) is 4.90 Å². The van der Waals surface area contributed by atoms with E-state index in [0.717, 1.165) is 18.2 Å². The Labute approximate surface area is 130 Å². The van der Waals surface area contributed by atoms with Gasteiger partial charge in [0.1, 0.15) is 5.82 Å². The van der Waals surface area contributed by atoms with E-state index in [1.165, 1.54) is 0 Å². The van der Waals surface area contributed by atoms with Crippen molar-refractivity contribution in [2.45, 2.75) is 4.90 Å². The number of halogens is 1. The molecule has 9 heteroatoms. The molecule has 7 nitrogen and oxygen atoms in total. The molecule has 0 aliphatic rings. The average molecular weight is 334 g/mol. The van der Waals surface area contributed by atoms with Gasteiger partial charge in [0.15, 0.2) is 5.82 Å². The van der Waals surface area contributed by atoms with Crippen LogP contribution in [-0.2, 0) is 10.0 Å². The Kier molecular flexibility index (Phi) is 3.58. The normalized spacial score (nSPS) is 11.6. The molecule has 4 N–H and O–H groups in total. The lowest BCUT2D eigenvalue weighted by atomic mass is 10.0. The zero-order valence-corrected chi connectivity index (χ0v) is 12.4. The summed E-state index contributed by atoms with van der Waals surface area (Å²) >= 11 is 0. The molecule has 1 aromatic heterocycles. The van der Waals surface area contributed by atoms with Crippen molar-refractivity contribution >= 4 is 10.0 Å². The molecule has 1 heterocycles. The smallest absolute Gasteiger partial charge is 0.289 e. The molecule has 0 fully saturated rings. The maximum absolute atomic E-state index is 14.1. The molecule has 118 valence electrons. The Morgan fingerprint density at radius 2 is 1.83 bits per heavy atom. The lowest BCUT2D eigenvalue weighted by Gasteiger charge is -2.07. The third kappa shape index (κ3) is 3.05. The van der Waals surface area contributed by atoms with Crippen molar-refractivity contribution in [3.8, 4) is 22.5 Å². The molecule has 0 bridgehead atoms. The molecule has 0 radical (unpaired) electrons. The maximum atomic E-state index is 14.1. The van der Waals surface area contributed by atoms with E-state index in [1.54, 1.807) is 24.3 Å². The van der Waals surface area contributed by atoms with E-state index in [9.17, 15) is 17.6 Å². The summed E-state index contributed by atoms with van der Waals surface area (Å²) in [7, 11) is -3.94. The number of hydrogen-bond acceptors (Lipinski definition) is 4. The summed E-state index contributed by atoms with van der Waals surface area (Å²) in [5.41, 5.74) is 0.583. The van der Waals surface area contributed by atoms with Crippen molar-refractivity contribution in [2.24, 2.45) is 5.14 Å². The molecule has 2 aromatic carbocycles. The van der Waals surface area contributed by atoms with Crippen LogP contribution in [0.15, 0.2) is 52.2 Å². The standard InChI is InChI=1S/C14H11FN4O3S/c15-12-5-4-10(23(16,21)22)7-11(12)8-2-1-3-9(6-8)13-17-14(20)19-18-13/h1-7H,(H2,16,21,22)(H2,17,18,19,20). The number of nitrogens with zero attached hydrogens (tertiary/aromatic N) is 1. The molecule has 0 spiro atoms. The topological polar surface area (TPSA) is 122 Å². The highest BCUT2D eigenvalue weighted by molar-refractivity contribution is 7.89. The summed E-state index contributed by atoms with van der Waals surface area (Å²) in [6.45, 7) is 0. The van der Waals surface area contributed by atoms with Crippen LogP contribution in [-0.4, -0.2) is 23.6 Å². The summed E-state index contributed by atoms with van der Waals surface area (Å²) < 4.78 is 36.9. The fraction of sp³-hybridized carbons (Fsp3) is 0. The first-order valence-electron chi connectivity index (χ1n) is 6.42. The molecule has 0 saturated heterocycles. The summed E-state index contributed by atoms with van der Waals surface area (Å²) in [6, 6.07) is 9.81. The number of hydrogen-bond donors (Lipinski definition) is 3. The van der Waals surface area contributed by atoms with Gasteiger partial charge in [-0.05, 0) is 29.8 Å². The Morgan fingerprint density at radius 1 is 1.09 bits per heavy atom. The van der Waals surface area contributed by atoms with Gasteiger partial charge in [0.2, 0.25) is 10.0 Å². The lowest BCUT2D eigenvalue weighted by Crippen LogP contribution is -2.12. The molecule has 0 saturated carbocycles. The lowest BCUT2D eigenvalue weighted by molar-refractivity contribution is 0.596. The van der Waals surface area contributed by atoms with Gasteiger partial charge >= 0.3 is 5.69 Å². The van der Waals surface area contributed by atoms with Gasteiger partial charge < -0.3 is 0 Å². The molecule has 3 aromatic rings. The fourth-order valence-electron chi connectivity index (χ4n) is 2.14. The highest BCUT2D eigenvalue weighted by atomic mass is 32.2. The van der Waals surface area contributed by atoms with E-state index in [-0.39, 0.29) is 10.5 Å². The SMILES string of the molecule is NS(=O)(=O)c1ccc(F)c(-c2cccc(-c3n[nH]c(=O)[nH]3)c2)c1. The number of nitrogens with one attached hydrogen (secondary N) is 2. The number of sulfonamides is 1. The Bertz CT molecular complexity index is 1040. The van der Waals surface area contributed by atoms with Crippen LogP contribution in [0.2, 0.25) is 0 Å². The third-order valence-electron chi connectivity index (χ3n) is 3.21. The predicted octanol–water partition coefficient (Wildman–Crippen LogP) is 1.22. The molecular weight excluding hydrogens is 323 g/mol. The van der Waals surface area contributed by atoms with Crippen molar-refractivity contribution in [3.63, 3.8) is 0 Å². The first-order valence-corrected chi connectivity index (χ1v) is 7.97. The minimum absolute atomic E-state index is 0.0799. The minimum Gasteiger partial charge on any atom is -0.289 e. The number of primary sulfonamides is 1. The minimum atomic E-state index is -3.94. The van der Waals surface area contributed by atoms with Crippen LogP contribution in [0.3, 0.4) is 0 Å². The maximum Gasteiger partial charge on any atom is 0.340 e. The van der Waals surface area contributed by atoms with Crippen molar-refractivity contribution < 1.29 is 12.8 Å². The second kappa shape index (κ2) is 5.45. The fourth-order valence-corrected chi connectivity index (χ4v) is 2.68. The average Bonchev–Trinajstić information content (AvgIpc) is 2.93. The van der Waals surface area contributed by atoms with E-state index in [4.69, 9.17) is 5.14 Å². The summed E-state index contributed by atoms with van der Waals surface area (Å²) in [5, 5.41) is 11.1. The van der Waals surface area contributed by atoms with Crippen LogP contribution in [0.25, 0.3) is 22.5 Å². The van der Waals surface area contributed by atoms with E-state index >= 15 is 0 Å². The van der Waals surface area contributed by atoms with Crippen LogP contribution in [0.5, 0.6) is 0 Å². The zero-order chi connectivity index (χ0) is 16.6. The number of nitrogens with two attached hydrogens (primary N) is 1. The number of rotatable bonds is 3. The van der Waals surface area contributed by atoms with Crippen LogP contribution in [0.1, 0.15) is 0 Å². The Balaban J connectivity index is 2.14. The van der Waals surface area contributed by atoms with Crippen molar-refractivity contribution in [3.05, 3.63) is 58.8 Å². The van der Waals surface area contributed by atoms with Gasteiger partial charge in [-0.3, -0.25) is 4.98 Å². The third-order valence-corrected chi connectivity index (χ3v) is 4.13. The van der Waals surface area contributed by atoms with Crippen LogP contribution < -0.4 is 10.8 Å². The summed E-state index contributed by atoms with van der Waals surface area (Å²) in [4.78, 5) is 13.4. The summed E-state index contributed by atoms with van der Waals surface area (Å²) in [6.07, 6.45) is 0. The summed E-state index contributed by atoms with van der Waals surface area (Å²) in [5.74, 6) is -0.301. The molecule has 3 rings (SSSR count). The van der Waals surface area contributed by atoms with E-state index in [1.807, 2.05) is 0 Å². The highest BCUT2D eigenvalue weighted by Crippen LogP contribution is 2.28. The Hall–Kier alpha value is -2.78. The van der Waals surface area contributed by atoms with Crippen molar-refractivity contribution in [1.82, 2.24) is 15.2 Å². The largest absolute Gasteiger partial charge is 0.340 e. The van der Waals surface area contributed by atoms with Gasteiger partial charge in [-0.2, -0.15) is 5.10 Å². The van der Waals surface area contributed by atoms with Gasteiger partial charge in [-0.25, -0.2) is 27.8 Å². The molecule has 0 amide bonds. The Morgan fingerprint density at radius 3 is 2.48 bits per heavy atom. The molecule has 0 aliphatic heterocycles. The number of aromatic amines is 2. The van der Waals surface area contributed by atoms with Gasteiger partial charge in [0, 0.05) is 11.1 Å². The van der Waals surface area contributed by atoms with Crippen LogP contribution in [0.4, 0.5) is 4.39 Å². The quantitative estimate of drug-likeness (QED) is 0.666. The molecule has 0 atom stereocenters. The van der Waals surface area contributed by atoms with Crippen molar-refractivity contribution in [2.75, 3.05) is 0 Å². The molecule has 0 aliphatic carbocycles. The molecule has 23 heavy (non-hydrogen) atoms. The predicted molar refractivity (Wildman–Crippen MR) is 81.4 cm³/mol. The van der Waals surface area contributed by atoms with Crippen LogP contribution in [0, 0.1) is 5.82 Å². The zero-order valence-electron chi connectivity index (χ0n) is 11.6. The van der Waals surface area contributed by atoms with E-state index in [2.05, 4.69) is 15.2 Å². The van der Waals surface area contributed by atoms with Gasteiger partial charge in [-0.15, -0.1) is 0 Å². The molecule has 0 unspecified atom stereocenters. The second-order valence-corrected chi connectivity index (χ2v) is 6.36.